The number of carbonyl (C=O) groups is 4. The molecule has 1 amide bonds. The lowest BCUT2D eigenvalue weighted by molar-refractivity contribution is -0.947. The maximum Gasteiger partial charge on any atom is 0.359 e. The molecule has 0 spiro atoms. The van der Waals surface area contributed by atoms with Crippen LogP contribution in [-0.2, 0) is 19.2 Å². The highest BCUT2D eigenvalue weighted by Gasteiger charge is 2.41. The molecule has 0 radical (unpaired) electrons. The topological polar surface area (TPSA) is 161 Å². The molecular formula is C15H27N2O8+. The Morgan fingerprint density at radius 1 is 1.12 bits per heavy atom. The fourth-order valence-corrected chi connectivity index (χ4v) is 3.14. The zero-order valence-electron chi connectivity index (χ0n) is 14.3. The first-order chi connectivity index (χ1) is 11.7. The minimum absolute atomic E-state index is 0.0251. The molecule has 3 unspecified atom stereocenters. The predicted molar refractivity (Wildman–Crippen MR) is 85.8 cm³/mol. The van der Waals surface area contributed by atoms with Crippen molar-refractivity contribution >= 4 is 24.3 Å². The zero-order chi connectivity index (χ0) is 19.5. The van der Waals surface area contributed by atoms with E-state index in [4.69, 9.17) is 10.2 Å². The summed E-state index contributed by atoms with van der Waals surface area (Å²) in [6.07, 6.45) is -0.906. The summed E-state index contributed by atoms with van der Waals surface area (Å²) in [5.41, 5.74) is 0. The Bertz CT molecular complexity index is 470. The van der Waals surface area contributed by atoms with E-state index in [-0.39, 0.29) is 37.0 Å². The number of carbonyl (C=O) groups excluding carboxylic acids is 1. The van der Waals surface area contributed by atoms with Crippen LogP contribution in [0.25, 0.3) is 0 Å². The van der Waals surface area contributed by atoms with Crippen molar-refractivity contribution in [2.24, 2.45) is 0 Å². The summed E-state index contributed by atoms with van der Waals surface area (Å²) in [6.45, 7) is 1.41. The molecule has 0 aliphatic rings. The maximum atomic E-state index is 11.4. The number of carboxylic acids is 3. The number of aliphatic hydroxyl groups excluding tert-OH is 1. The molecule has 144 valence electrons. The largest absolute Gasteiger partial charge is 0.481 e. The summed E-state index contributed by atoms with van der Waals surface area (Å²) in [5.74, 6) is -3.45. The SMILES string of the molecule is CCC[N+](CC(=O)O)(CC(O)CNC=O)C(CCC(=O)O)CC(=O)O. The molecule has 10 nitrogen and oxygen atoms in total. The van der Waals surface area contributed by atoms with E-state index in [2.05, 4.69) is 5.32 Å². The minimum Gasteiger partial charge on any atom is -0.481 e. The number of nitrogens with zero attached hydrogens (tertiary/aromatic N) is 1. The Kier molecular flexibility index (Phi) is 10.4. The summed E-state index contributed by atoms with van der Waals surface area (Å²) in [5, 5.41) is 39.8. The number of hydrogen-bond acceptors (Lipinski definition) is 5. The third kappa shape index (κ3) is 9.01. The van der Waals surface area contributed by atoms with Gasteiger partial charge in [-0.15, -0.1) is 0 Å². The molecule has 3 atom stereocenters. The monoisotopic (exact) mass is 363 g/mol. The van der Waals surface area contributed by atoms with Crippen LogP contribution < -0.4 is 5.32 Å². The Hall–Kier alpha value is -2.20. The Labute approximate surface area is 145 Å². The molecular weight excluding hydrogens is 336 g/mol. The van der Waals surface area contributed by atoms with Crippen LogP contribution in [0.3, 0.4) is 0 Å². The van der Waals surface area contributed by atoms with Gasteiger partial charge in [0.05, 0.1) is 19.4 Å². The van der Waals surface area contributed by atoms with Crippen molar-refractivity contribution in [2.75, 3.05) is 26.2 Å². The molecule has 0 saturated carbocycles. The molecule has 0 heterocycles. The van der Waals surface area contributed by atoms with E-state index in [1.807, 2.05) is 0 Å². The number of quaternary nitrogens is 1. The molecule has 0 aliphatic carbocycles. The van der Waals surface area contributed by atoms with Crippen molar-refractivity contribution in [2.45, 2.75) is 44.8 Å². The fraction of sp³-hybridized carbons (Fsp3) is 0.733. The Balaban J connectivity index is 5.67. The van der Waals surface area contributed by atoms with Crippen LogP contribution in [0.4, 0.5) is 0 Å². The maximum absolute atomic E-state index is 11.4. The lowest BCUT2D eigenvalue weighted by atomic mass is 10.00. The van der Waals surface area contributed by atoms with Gasteiger partial charge in [-0.3, -0.25) is 14.4 Å². The number of nitrogens with one attached hydrogen (secondary N) is 1. The first kappa shape index (κ1) is 22.8. The third-order valence-electron chi connectivity index (χ3n) is 4.01. The average molecular weight is 363 g/mol. The van der Waals surface area contributed by atoms with Gasteiger partial charge in [0.15, 0.2) is 6.54 Å². The van der Waals surface area contributed by atoms with Crippen LogP contribution in [0.5, 0.6) is 0 Å². The second-order valence-electron chi connectivity index (χ2n) is 6.04. The highest BCUT2D eigenvalue weighted by Crippen LogP contribution is 2.24. The number of hydrogen-bond donors (Lipinski definition) is 5. The fourth-order valence-electron chi connectivity index (χ4n) is 3.14. The first-order valence-electron chi connectivity index (χ1n) is 8.03. The number of amides is 1. The normalized spacial score (nSPS) is 15.6. The van der Waals surface area contributed by atoms with Gasteiger partial charge in [0.25, 0.3) is 0 Å². The smallest absolute Gasteiger partial charge is 0.359 e. The average Bonchev–Trinajstić information content (AvgIpc) is 2.48. The molecule has 0 bridgehead atoms. The molecule has 5 N–H and O–H groups in total. The van der Waals surface area contributed by atoms with E-state index in [0.717, 1.165) is 0 Å². The van der Waals surface area contributed by atoms with E-state index in [1.165, 1.54) is 0 Å². The highest BCUT2D eigenvalue weighted by atomic mass is 16.4. The quantitative estimate of drug-likeness (QED) is 0.185. The summed E-state index contributed by atoms with van der Waals surface area (Å²) in [6, 6.07) is -0.782. The first-order valence-corrected chi connectivity index (χ1v) is 8.03. The van der Waals surface area contributed by atoms with E-state index in [0.29, 0.717) is 12.8 Å². The molecule has 0 aliphatic heterocycles. The minimum atomic E-state index is -1.17. The lowest BCUT2D eigenvalue weighted by Crippen LogP contribution is -2.62. The van der Waals surface area contributed by atoms with E-state index >= 15 is 0 Å². The summed E-state index contributed by atoms with van der Waals surface area (Å²) < 4.78 is -0.257. The van der Waals surface area contributed by atoms with Crippen LogP contribution in [0.15, 0.2) is 0 Å². The van der Waals surface area contributed by atoms with E-state index < -0.39 is 43.0 Å². The van der Waals surface area contributed by atoms with Crippen molar-refractivity contribution in [1.29, 1.82) is 0 Å². The second-order valence-corrected chi connectivity index (χ2v) is 6.04. The van der Waals surface area contributed by atoms with Crippen molar-refractivity contribution < 1.29 is 44.1 Å². The highest BCUT2D eigenvalue weighted by molar-refractivity contribution is 5.69. The number of aliphatic hydroxyl groups is 1. The summed E-state index contributed by atoms with van der Waals surface area (Å²) in [7, 11) is 0. The van der Waals surface area contributed by atoms with Crippen LogP contribution >= 0.6 is 0 Å². The van der Waals surface area contributed by atoms with E-state index in [9.17, 15) is 29.4 Å². The van der Waals surface area contributed by atoms with Crippen molar-refractivity contribution in [3.8, 4) is 0 Å². The standard InChI is InChI=1S/C15H26N2O8/c1-2-5-17(9-15(24)25,8-12(19)7-16-10-18)11(6-14(22)23)3-4-13(20)21/h10-12,19H,2-9H2,1H3,(H3-,16,18,20,21,22,23,24,25)/p+1. The van der Waals surface area contributed by atoms with Gasteiger partial charge in [-0.2, -0.15) is 0 Å². The van der Waals surface area contributed by atoms with Gasteiger partial charge in [-0.1, -0.05) is 6.92 Å². The molecule has 0 aromatic carbocycles. The van der Waals surface area contributed by atoms with Gasteiger partial charge in [-0.05, 0) is 6.42 Å². The molecule has 0 saturated heterocycles. The van der Waals surface area contributed by atoms with Crippen LogP contribution in [-0.4, -0.2) is 87.6 Å². The van der Waals surface area contributed by atoms with Gasteiger partial charge in [-0.25, -0.2) is 4.79 Å². The van der Waals surface area contributed by atoms with Crippen LogP contribution in [0, 0.1) is 0 Å². The van der Waals surface area contributed by atoms with Crippen LogP contribution in [0.1, 0.15) is 32.6 Å². The zero-order valence-corrected chi connectivity index (χ0v) is 14.3. The second kappa shape index (κ2) is 11.4. The molecule has 0 aromatic rings. The lowest BCUT2D eigenvalue weighted by Gasteiger charge is -2.44. The molecule has 10 heteroatoms. The van der Waals surface area contributed by atoms with Crippen LogP contribution in [0.2, 0.25) is 0 Å². The van der Waals surface area contributed by atoms with Gasteiger partial charge >= 0.3 is 17.9 Å². The summed E-state index contributed by atoms with van der Waals surface area (Å²) in [4.78, 5) is 43.9. The number of rotatable bonds is 15. The van der Waals surface area contributed by atoms with E-state index in [1.54, 1.807) is 6.92 Å². The van der Waals surface area contributed by atoms with Gasteiger partial charge < -0.3 is 30.2 Å². The van der Waals surface area contributed by atoms with Gasteiger partial charge in [0.1, 0.15) is 18.7 Å². The van der Waals surface area contributed by atoms with Crippen molar-refractivity contribution in [1.82, 2.24) is 5.32 Å². The molecule has 25 heavy (non-hydrogen) atoms. The summed E-state index contributed by atoms with van der Waals surface area (Å²) >= 11 is 0. The Morgan fingerprint density at radius 3 is 2.20 bits per heavy atom. The van der Waals surface area contributed by atoms with Crippen molar-refractivity contribution in [3.05, 3.63) is 0 Å². The number of aliphatic carboxylic acids is 3. The molecule has 0 fully saturated rings. The molecule has 0 rings (SSSR count). The van der Waals surface area contributed by atoms with Crippen molar-refractivity contribution in [3.63, 3.8) is 0 Å². The molecule has 0 aromatic heterocycles. The predicted octanol–water partition coefficient (Wildman–Crippen LogP) is -0.887. The number of carboxylic acid groups (broad SMARTS) is 3. The van der Waals surface area contributed by atoms with Gasteiger partial charge in [0, 0.05) is 13.0 Å². The van der Waals surface area contributed by atoms with Gasteiger partial charge in [0.2, 0.25) is 6.41 Å². The Morgan fingerprint density at radius 2 is 1.76 bits per heavy atom. The third-order valence-corrected chi connectivity index (χ3v) is 4.01.